The van der Waals surface area contributed by atoms with Gasteiger partial charge in [-0.15, -0.1) is 0 Å². The molecule has 0 amide bonds. The van der Waals surface area contributed by atoms with Gasteiger partial charge in [-0.2, -0.15) is 0 Å². The van der Waals surface area contributed by atoms with Crippen molar-refractivity contribution >= 4 is 0 Å². The van der Waals surface area contributed by atoms with E-state index in [4.69, 9.17) is 10.5 Å². The van der Waals surface area contributed by atoms with E-state index in [0.29, 0.717) is 0 Å². The van der Waals surface area contributed by atoms with Crippen LogP contribution >= 0.6 is 0 Å². The summed E-state index contributed by atoms with van der Waals surface area (Å²) in [6.45, 7) is 10.5. The average Bonchev–Trinajstić information content (AvgIpc) is 1.98. The quantitative estimate of drug-likeness (QED) is 0.616. The van der Waals surface area contributed by atoms with Crippen molar-refractivity contribution in [3.63, 3.8) is 0 Å². The molecular formula is C9H19NO. The van der Waals surface area contributed by atoms with Gasteiger partial charge in [0, 0.05) is 6.61 Å². The Morgan fingerprint density at radius 2 is 2.09 bits per heavy atom. The molecule has 2 unspecified atom stereocenters. The van der Waals surface area contributed by atoms with E-state index in [9.17, 15) is 0 Å². The topological polar surface area (TPSA) is 35.2 Å². The van der Waals surface area contributed by atoms with Crippen molar-refractivity contribution in [2.24, 2.45) is 5.73 Å². The van der Waals surface area contributed by atoms with Crippen LogP contribution in [0.1, 0.15) is 27.2 Å². The van der Waals surface area contributed by atoms with Crippen LogP contribution in [0.5, 0.6) is 0 Å². The van der Waals surface area contributed by atoms with Crippen LogP contribution in [0.25, 0.3) is 0 Å². The minimum Gasteiger partial charge on any atom is -0.377 e. The van der Waals surface area contributed by atoms with Gasteiger partial charge in [0.05, 0.1) is 12.1 Å². The zero-order chi connectivity index (χ0) is 8.85. The first-order chi connectivity index (χ1) is 5.13. The molecule has 0 saturated heterocycles. The van der Waals surface area contributed by atoms with Gasteiger partial charge in [-0.25, -0.2) is 0 Å². The van der Waals surface area contributed by atoms with Crippen LogP contribution in [0, 0.1) is 0 Å². The highest BCUT2D eigenvalue weighted by atomic mass is 16.5. The predicted octanol–water partition coefficient (Wildman–Crippen LogP) is 1.70. The average molecular weight is 157 g/mol. The molecule has 0 rings (SSSR count). The summed E-state index contributed by atoms with van der Waals surface area (Å²) in [5, 5.41) is 0. The van der Waals surface area contributed by atoms with Crippen molar-refractivity contribution in [3.05, 3.63) is 12.2 Å². The van der Waals surface area contributed by atoms with Gasteiger partial charge < -0.3 is 10.5 Å². The van der Waals surface area contributed by atoms with Gasteiger partial charge in [0.15, 0.2) is 0 Å². The van der Waals surface area contributed by atoms with Crippen LogP contribution in [0.4, 0.5) is 0 Å². The zero-order valence-electron chi connectivity index (χ0n) is 7.76. The number of nitrogens with two attached hydrogens (primary N) is 1. The fraction of sp³-hybridized carbons (Fsp3) is 0.778. The van der Waals surface area contributed by atoms with Gasteiger partial charge in [0.25, 0.3) is 0 Å². The van der Waals surface area contributed by atoms with Gasteiger partial charge in [-0.3, -0.25) is 0 Å². The van der Waals surface area contributed by atoms with Gasteiger partial charge >= 0.3 is 0 Å². The third kappa shape index (κ3) is 3.54. The highest BCUT2D eigenvalue weighted by Gasteiger charge is 2.15. The van der Waals surface area contributed by atoms with E-state index in [1.807, 2.05) is 13.8 Å². The van der Waals surface area contributed by atoms with Crippen LogP contribution in [0.3, 0.4) is 0 Å². The van der Waals surface area contributed by atoms with E-state index in [2.05, 4.69) is 13.5 Å². The Labute approximate surface area is 69.4 Å². The second-order valence-corrected chi connectivity index (χ2v) is 2.77. The van der Waals surface area contributed by atoms with E-state index in [-0.39, 0.29) is 12.1 Å². The van der Waals surface area contributed by atoms with E-state index >= 15 is 0 Å². The van der Waals surface area contributed by atoms with Crippen LogP contribution < -0.4 is 5.73 Å². The van der Waals surface area contributed by atoms with Crippen LogP contribution in [-0.4, -0.2) is 18.8 Å². The molecule has 0 aromatic carbocycles. The first kappa shape index (κ1) is 10.7. The fourth-order valence-corrected chi connectivity index (χ4v) is 1.01. The molecule has 2 heteroatoms. The Hall–Kier alpha value is -0.340. The summed E-state index contributed by atoms with van der Waals surface area (Å²) in [7, 11) is 0. The van der Waals surface area contributed by atoms with E-state index < -0.39 is 0 Å². The van der Waals surface area contributed by atoms with Crippen LogP contribution in [-0.2, 0) is 4.74 Å². The Bertz CT molecular complexity index is 123. The molecule has 0 aliphatic rings. The summed E-state index contributed by atoms with van der Waals surface area (Å²) >= 11 is 0. The van der Waals surface area contributed by atoms with Crippen molar-refractivity contribution in [1.29, 1.82) is 0 Å². The highest BCUT2D eigenvalue weighted by molar-refractivity contribution is 5.03. The van der Waals surface area contributed by atoms with Crippen molar-refractivity contribution in [2.45, 2.75) is 39.3 Å². The summed E-state index contributed by atoms with van der Waals surface area (Å²) in [4.78, 5) is 0. The maximum Gasteiger partial charge on any atom is 0.0761 e. The molecule has 2 N–H and O–H groups in total. The summed E-state index contributed by atoms with van der Waals surface area (Å²) < 4.78 is 5.43. The summed E-state index contributed by atoms with van der Waals surface area (Å²) in [6, 6.07) is -0.0139. The highest BCUT2D eigenvalue weighted by Crippen LogP contribution is 2.08. The van der Waals surface area contributed by atoms with Crippen molar-refractivity contribution < 1.29 is 4.74 Å². The first-order valence-corrected chi connectivity index (χ1v) is 4.16. The third-order valence-electron chi connectivity index (χ3n) is 1.75. The molecule has 0 spiro atoms. The van der Waals surface area contributed by atoms with Gasteiger partial charge in [-0.05, 0) is 20.3 Å². The molecule has 2 atom stereocenters. The molecule has 11 heavy (non-hydrogen) atoms. The third-order valence-corrected chi connectivity index (χ3v) is 1.75. The van der Waals surface area contributed by atoms with E-state index in [0.717, 1.165) is 18.6 Å². The standard InChI is InChI=1S/C9H19NO/c1-5-8(11-6-2)9(10)7(3)4/h8-9H,3,5-6,10H2,1-2,4H3. The minimum absolute atomic E-state index is 0.0139. The molecule has 0 bridgehead atoms. The second-order valence-electron chi connectivity index (χ2n) is 2.77. The molecular weight excluding hydrogens is 138 g/mol. The Morgan fingerprint density at radius 1 is 1.55 bits per heavy atom. The molecule has 0 aliphatic carbocycles. The SMILES string of the molecule is C=C(C)C(N)C(CC)OCC. The summed E-state index contributed by atoms with van der Waals surface area (Å²) in [6.07, 6.45) is 1.08. The number of ether oxygens (including phenoxy) is 1. The largest absolute Gasteiger partial charge is 0.377 e. The lowest BCUT2D eigenvalue weighted by Crippen LogP contribution is -2.37. The summed E-state index contributed by atoms with van der Waals surface area (Å²) in [5.41, 5.74) is 6.82. The van der Waals surface area contributed by atoms with Crippen molar-refractivity contribution in [1.82, 2.24) is 0 Å². The molecule has 0 heterocycles. The molecule has 0 saturated carbocycles. The van der Waals surface area contributed by atoms with Gasteiger partial charge in [0.1, 0.15) is 0 Å². The van der Waals surface area contributed by atoms with E-state index in [1.165, 1.54) is 0 Å². The molecule has 0 radical (unpaired) electrons. The Kier molecular flexibility index (Phi) is 5.16. The van der Waals surface area contributed by atoms with Crippen molar-refractivity contribution in [3.8, 4) is 0 Å². The monoisotopic (exact) mass is 157 g/mol. The lowest BCUT2D eigenvalue weighted by Gasteiger charge is -2.22. The van der Waals surface area contributed by atoms with E-state index in [1.54, 1.807) is 0 Å². The lowest BCUT2D eigenvalue weighted by atomic mass is 10.0. The number of rotatable bonds is 5. The number of hydrogen-bond acceptors (Lipinski definition) is 2. The predicted molar refractivity (Wildman–Crippen MR) is 48.5 cm³/mol. The zero-order valence-corrected chi connectivity index (χ0v) is 7.76. The number of hydrogen-bond donors (Lipinski definition) is 1. The maximum absolute atomic E-state index is 5.83. The molecule has 0 aliphatic heterocycles. The normalized spacial score (nSPS) is 16.0. The molecule has 0 aromatic heterocycles. The Morgan fingerprint density at radius 3 is 2.36 bits per heavy atom. The van der Waals surface area contributed by atoms with Gasteiger partial charge in [0.2, 0.25) is 0 Å². The second kappa shape index (κ2) is 5.33. The fourth-order valence-electron chi connectivity index (χ4n) is 1.01. The Balaban J connectivity index is 3.91. The molecule has 0 aromatic rings. The summed E-state index contributed by atoms with van der Waals surface area (Å²) in [5.74, 6) is 0. The lowest BCUT2D eigenvalue weighted by molar-refractivity contribution is 0.0495. The van der Waals surface area contributed by atoms with Crippen molar-refractivity contribution in [2.75, 3.05) is 6.61 Å². The van der Waals surface area contributed by atoms with Gasteiger partial charge in [-0.1, -0.05) is 19.1 Å². The smallest absolute Gasteiger partial charge is 0.0761 e. The minimum atomic E-state index is -0.0139. The van der Waals surface area contributed by atoms with Crippen LogP contribution in [0.15, 0.2) is 12.2 Å². The maximum atomic E-state index is 5.83. The molecule has 2 nitrogen and oxygen atoms in total. The molecule has 0 fully saturated rings. The van der Waals surface area contributed by atoms with Crippen LogP contribution in [0.2, 0.25) is 0 Å². The first-order valence-electron chi connectivity index (χ1n) is 4.16. The molecule has 66 valence electrons.